The maximum absolute atomic E-state index is 12.5. The van der Waals surface area contributed by atoms with Crippen LogP contribution in [0.1, 0.15) is 10.4 Å². The summed E-state index contributed by atoms with van der Waals surface area (Å²) in [6.07, 6.45) is 1.41. The number of carboxylic acids is 1. The largest absolute Gasteiger partial charge is 0.480 e. The molecule has 2 rings (SSSR count). The van der Waals surface area contributed by atoms with E-state index in [0.717, 1.165) is 0 Å². The van der Waals surface area contributed by atoms with Gasteiger partial charge in [-0.3, -0.25) is 9.59 Å². The van der Waals surface area contributed by atoms with E-state index in [9.17, 15) is 9.59 Å². The van der Waals surface area contributed by atoms with Crippen LogP contribution in [0.25, 0.3) is 5.69 Å². The Hall–Kier alpha value is -2.81. The van der Waals surface area contributed by atoms with E-state index in [1.54, 1.807) is 24.3 Å². The smallest absolute Gasteiger partial charge is 0.323 e. The fraction of sp³-hybridized carbons (Fsp3) is 0.308. The summed E-state index contributed by atoms with van der Waals surface area (Å²) in [5.74, 6) is -1.48. The molecule has 2 aromatic rings. The van der Waals surface area contributed by atoms with Crippen molar-refractivity contribution in [2.75, 3.05) is 26.8 Å². The quantitative estimate of drug-likeness (QED) is 0.756. The first kappa shape index (κ1) is 15.6. The number of methoxy groups -OCH3 is 1. The molecule has 0 fully saturated rings. The van der Waals surface area contributed by atoms with Crippen molar-refractivity contribution in [1.82, 2.24) is 25.1 Å². The van der Waals surface area contributed by atoms with E-state index in [1.165, 1.54) is 23.0 Å². The monoisotopic (exact) mass is 305 g/mol. The van der Waals surface area contributed by atoms with Gasteiger partial charge in [-0.1, -0.05) is 6.07 Å². The molecule has 0 spiro atoms. The Morgan fingerprint density at radius 1 is 1.41 bits per heavy atom. The van der Waals surface area contributed by atoms with Crippen molar-refractivity contribution in [3.05, 3.63) is 36.2 Å². The van der Waals surface area contributed by atoms with Gasteiger partial charge in [-0.15, -0.1) is 5.10 Å². The molecule has 1 N–H and O–H groups in total. The van der Waals surface area contributed by atoms with Gasteiger partial charge in [0.2, 0.25) is 0 Å². The molecular formula is C13H15N5O4. The number of hydrogen-bond acceptors (Lipinski definition) is 6. The molecule has 0 radical (unpaired) electrons. The average Bonchev–Trinajstić information content (AvgIpc) is 3.05. The number of aromatic nitrogens is 4. The van der Waals surface area contributed by atoms with Crippen molar-refractivity contribution in [3.8, 4) is 5.69 Å². The fourth-order valence-electron chi connectivity index (χ4n) is 1.86. The van der Waals surface area contributed by atoms with Crippen molar-refractivity contribution in [2.45, 2.75) is 0 Å². The highest BCUT2D eigenvalue weighted by atomic mass is 16.5. The molecule has 1 amide bonds. The Morgan fingerprint density at radius 3 is 2.86 bits per heavy atom. The number of carboxylic acid groups (broad SMARTS) is 1. The summed E-state index contributed by atoms with van der Waals surface area (Å²) in [6.45, 7) is 0.0553. The SMILES string of the molecule is COCCN(CC(=O)O)C(=O)c1cccc(-n2cnnn2)c1. The average molecular weight is 305 g/mol. The summed E-state index contributed by atoms with van der Waals surface area (Å²) < 4.78 is 6.32. The lowest BCUT2D eigenvalue weighted by Gasteiger charge is -2.20. The molecule has 0 saturated heterocycles. The molecule has 0 unspecified atom stereocenters. The van der Waals surface area contributed by atoms with Gasteiger partial charge in [-0.2, -0.15) is 0 Å². The fourth-order valence-corrected chi connectivity index (χ4v) is 1.86. The summed E-state index contributed by atoms with van der Waals surface area (Å²) in [5.41, 5.74) is 0.961. The molecule has 9 nitrogen and oxygen atoms in total. The van der Waals surface area contributed by atoms with Crippen molar-refractivity contribution in [2.24, 2.45) is 0 Å². The lowest BCUT2D eigenvalue weighted by molar-refractivity contribution is -0.137. The van der Waals surface area contributed by atoms with Crippen LogP contribution in [0.2, 0.25) is 0 Å². The second kappa shape index (κ2) is 7.27. The van der Waals surface area contributed by atoms with Gasteiger partial charge < -0.3 is 14.7 Å². The molecular weight excluding hydrogens is 290 g/mol. The van der Waals surface area contributed by atoms with E-state index in [0.29, 0.717) is 11.3 Å². The van der Waals surface area contributed by atoms with Crippen LogP contribution >= 0.6 is 0 Å². The Balaban J connectivity index is 2.22. The topological polar surface area (TPSA) is 110 Å². The van der Waals surface area contributed by atoms with Crippen molar-refractivity contribution < 1.29 is 19.4 Å². The summed E-state index contributed by atoms with van der Waals surface area (Å²) in [6, 6.07) is 6.63. The summed E-state index contributed by atoms with van der Waals surface area (Å²) in [5, 5.41) is 19.7. The Bertz CT molecular complexity index is 644. The second-order valence-electron chi connectivity index (χ2n) is 4.42. The number of tetrazole rings is 1. The van der Waals surface area contributed by atoms with Gasteiger partial charge in [0, 0.05) is 19.2 Å². The predicted octanol–water partition coefficient (Wildman–Crippen LogP) is -0.165. The number of benzene rings is 1. The van der Waals surface area contributed by atoms with Crippen molar-refractivity contribution >= 4 is 11.9 Å². The number of carbonyl (C=O) groups is 2. The highest BCUT2D eigenvalue weighted by molar-refractivity contribution is 5.96. The van der Waals surface area contributed by atoms with Gasteiger partial charge in [0.1, 0.15) is 12.9 Å². The molecule has 0 saturated carbocycles. The zero-order chi connectivity index (χ0) is 15.9. The number of aliphatic carboxylic acids is 1. The minimum Gasteiger partial charge on any atom is -0.480 e. The standard InChI is InChI=1S/C13H15N5O4/c1-22-6-5-17(8-12(19)20)13(21)10-3-2-4-11(7-10)18-9-14-15-16-18/h2-4,7,9H,5-6,8H2,1H3,(H,19,20). The maximum Gasteiger partial charge on any atom is 0.323 e. The summed E-state index contributed by atoms with van der Waals surface area (Å²) >= 11 is 0. The van der Waals surface area contributed by atoms with Crippen LogP contribution in [-0.4, -0.2) is 68.9 Å². The number of rotatable bonds is 7. The summed E-state index contributed by atoms with van der Waals surface area (Å²) in [4.78, 5) is 24.6. The normalized spacial score (nSPS) is 10.4. The minimum absolute atomic E-state index is 0.191. The van der Waals surface area contributed by atoms with E-state index in [2.05, 4.69) is 15.5 Å². The van der Waals surface area contributed by atoms with Gasteiger partial charge in [0.25, 0.3) is 5.91 Å². The van der Waals surface area contributed by atoms with Gasteiger partial charge in [0.05, 0.1) is 12.3 Å². The molecule has 9 heteroatoms. The second-order valence-corrected chi connectivity index (χ2v) is 4.42. The molecule has 0 aliphatic rings. The third-order valence-electron chi connectivity index (χ3n) is 2.89. The van der Waals surface area contributed by atoms with Crippen LogP contribution < -0.4 is 0 Å². The minimum atomic E-state index is -1.08. The molecule has 0 aliphatic heterocycles. The maximum atomic E-state index is 12.5. The van der Waals surface area contributed by atoms with Crippen LogP contribution in [0, 0.1) is 0 Å². The lowest BCUT2D eigenvalue weighted by atomic mass is 10.1. The van der Waals surface area contributed by atoms with E-state index in [-0.39, 0.29) is 13.2 Å². The molecule has 0 atom stereocenters. The van der Waals surface area contributed by atoms with E-state index in [1.807, 2.05) is 0 Å². The molecule has 116 valence electrons. The molecule has 0 bridgehead atoms. The number of amides is 1. The first-order chi connectivity index (χ1) is 10.6. The highest BCUT2D eigenvalue weighted by Gasteiger charge is 2.18. The third kappa shape index (κ3) is 3.85. The predicted molar refractivity (Wildman–Crippen MR) is 74.6 cm³/mol. The highest BCUT2D eigenvalue weighted by Crippen LogP contribution is 2.11. The van der Waals surface area contributed by atoms with Crippen LogP contribution in [0.4, 0.5) is 0 Å². The van der Waals surface area contributed by atoms with Gasteiger partial charge in [-0.05, 0) is 28.6 Å². The number of nitrogens with zero attached hydrogens (tertiary/aromatic N) is 5. The zero-order valence-corrected chi connectivity index (χ0v) is 11.9. The van der Waals surface area contributed by atoms with Crippen LogP contribution in [0.3, 0.4) is 0 Å². The molecule has 1 heterocycles. The molecule has 1 aromatic heterocycles. The van der Waals surface area contributed by atoms with E-state index < -0.39 is 18.4 Å². The molecule has 0 aliphatic carbocycles. The van der Waals surface area contributed by atoms with Gasteiger partial charge >= 0.3 is 5.97 Å². The first-order valence-corrected chi connectivity index (χ1v) is 6.45. The van der Waals surface area contributed by atoms with Crippen LogP contribution in [-0.2, 0) is 9.53 Å². The van der Waals surface area contributed by atoms with Crippen molar-refractivity contribution in [3.63, 3.8) is 0 Å². The number of carbonyl (C=O) groups excluding carboxylic acids is 1. The van der Waals surface area contributed by atoms with Gasteiger partial charge in [-0.25, -0.2) is 4.68 Å². The summed E-state index contributed by atoms with van der Waals surface area (Å²) in [7, 11) is 1.49. The number of ether oxygens (including phenoxy) is 1. The van der Waals surface area contributed by atoms with Gasteiger partial charge in [0.15, 0.2) is 0 Å². The number of hydrogen-bond donors (Lipinski definition) is 1. The molecule has 1 aromatic carbocycles. The Morgan fingerprint density at radius 2 is 2.23 bits per heavy atom. The Labute approximate surface area is 126 Å². The Kier molecular flexibility index (Phi) is 5.15. The van der Waals surface area contributed by atoms with E-state index >= 15 is 0 Å². The third-order valence-corrected chi connectivity index (χ3v) is 2.89. The zero-order valence-electron chi connectivity index (χ0n) is 11.9. The van der Waals surface area contributed by atoms with Crippen LogP contribution in [0.5, 0.6) is 0 Å². The lowest BCUT2D eigenvalue weighted by Crippen LogP contribution is -2.38. The molecule has 22 heavy (non-hydrogen) atoms. The van der Waals surface area contributed by atoms with E-state index in [4.69, 9.17) is 9.84 Å². The first-order valence-electron chi connectivity index (χ1n) is 6.45. The van der Waals surface area contributed by atoms with Crippen LogP contribution in [0.15, 0.2) is 30.6 Å². The van der Waals surface area contributed by atoms with Crippen molar-refractivity contribution in [1.29, 1.82) is 0 Å².